The lowest BCUT2D eigenvalue weighted by atomic mass is 9.78. The molecule has 1 aliphatic heterocycles. The van der Waals surface area contributed by atoms with Gasteiger partial charge in [-0.1, -0.05) is 50.3 Å². The Kier molecular flexibility index (Phi) is 4.94. The Morgan fingerprint density at radius 2 is 1.77 bits per heavy atom. The van der Waals surface area contributed by atoms with Gasteiger partial charge in [-0.2, -0.15) is 0 Å². The molecule has 0 unspecified atom stereocenters. The molecule has 134 valence electrons. The number of halogens is 1. The molecule has 1 aliphatic rings. The normalized spacial score (nSPS) is 15.7. The number of carbonyl (C=O) groups is 1. The fraction of sp³-hybridized carbons (Fsp3) is 0.227. The lowest BCUT2D eigenvalue weighted by molar-refractivity contribution is -0.297. The van der Waals surface area contributed by atoms with Crippen molar-refractivity contribution in [1.82, 2.24) is 0 Å². The first-order valence-electron chi connectivity index (χ1n) is 8.69. The van der Waals surface area contributed by atoms with Gasteiger partial charge in [-0.05, 0) is 48.3 Å². The summed E-state index contributed by atoms with van der Waals surface area (Å²) in [5.41, 5.74) is 2.62. The van der Waals surface area contributed by atoms with E-state index in [4.69, 9.17) is 4.74 Å². The topological polar surface area (TPSA) is 49.4 Å². The van der Waals surface area contributed by atoms with Crippen LogP contribution in [0.25, 0.3) is 5.57 Å². The molecule has 0 saturated carbocycles. The number of hydrogen-bond acceptors (Lipinski definition) is 3. The van der Waals surface area contributed by atoms with Crippen molar-refractivity contribution in [2.45, 2.75) is 32.3 Å². The third-order valence-electron chi connectivity index (χ3n) is 4.88. The summed E-state index contributed by atoms with van der Waals surface area (Å²) in [5.74, 6) is -0.851. The van der Waals surface area contributed by atoms with Gasteiger partial charge in [-0.3, -0.25) is 0 Å². The highest BCUT2D eigenvalue weighted by molar-refractivity contribution is 5.90. The van der Waals surface area contributed by atoms with E-state index in [0.29, 0.717) is 12.8 Å². The number of fused-ring (bicyclic) bond motifs is 1. The van der Waals surface area contributed by atoms with Crippen molar-refractivity contribution in [3.63, 3.8) is 0 Å². The summed E-state index contributed by atoms with van der Waals surface area (Å²) in [6.45, 7) is 4.01. The minimum atomic E-state index is -1.27. The first kappa shape index (κ1) is 17.9. The summed E-state index contributed by atoms with van der Waals surface area (Å²) in [4.78, 5) is 11.1. The van der Waals surface area contributed by atoms with Crippen LogP contribution in [0, 0.1) is 5.82 Å². The fourth-order valence-electron chi connectivity index (χ4n) is 3.49. The smallest absolute Gasteiger partial charge is 0.134 e. The molecule has 0 bridgehead atoms. The zero-order valence-electron chi connectivity index (χ0n) is 14.8. The lowest BCUT2D eigenvalue weighted by Crippen LogP contribution is -2.40. The van der Waals surface area contributed by atoms with Crippen molar-refractivity contribution in [2.75, 3.05) is 0 Å². The highest BCUT2D eigenvalue weighted by Gasteiger charge is 2.39. The lowest BCUT2D eigenvalue weighted by Gasteiger charge is -2.40. The fourth-order valence-corrected chi connectivity index (χ4v) is 3.49. The number of benzene rings is 2. The van der Waals surface area contributed by atoms with Gasteiger partial charge in [0.15, 0.2) is 0 Å². The van der Waals surface area contributed by atoms with Crippen molar-refractivity contribution >= 4 is 11.5 Å². The standard InChI is InChI=1S/C22H21FO3/c1-3-22(4-2)18(13-14-20(24)25)21(15-9-11-16(23)12-10-15)17-7-5-6-8-19(17)26-22/h5-14H,3-4H2,1-2H3,(H,24,25)/p-1/b14-13+. The number of carbonyl (C=O) groups excluding carboxylic acids is 1. The number of ether oxygens (including phenoxy) is 1. The van der Waals surface area contributed by atoms with Crippen LogP contribution in [0.5, 0.6) is 5.75 Å². The summed E-state index contributed by atoms with van der Waals surface area (Å²) in [7, 11) is 0. The maximum atomic E-state index is 13.4. The van der Waals surface area contributed by atoms with Gasteiger partial charge in [0, 0.05) is 11.1 Å². The van der Waals surface area contributed by atoms with E-state index in [-0.39, 0.29) is 5.82 Å². The van der Waals surface area contributed by atoms with Crippen molar-refractivity contribution in [2.24, 2.45) is 0 Å². The monoisotopic (exact) mass is 351 g/mol. The molecule has 0 fully saturated rings. The van der Waals surface area contributed by atoms with Crippen molar-refractivity contribution in [3.05, 3.63) is 83.2 Å². The van der Waals surface area contributed by atoms with E-state index in [0.717, 1.165) is 34.1 Å². The summed E-state index contributed by atoms with van der Waals surface area (Å²) < 4.78 is 19.8. The molecule has 26 heavy (non-hydrogen) atoms. The number of aliphatic carboxylic acids is 1. The van der Waals surface area contributed by atoms with Gasteiger partial charge in [-0.15, -0.1) is 0 Å². The minimum absolute atomic E-state index is 0.321. The Morgan fingerprint density at radius 3 is 2.38 bits per heavy atom. The number of hydrogen-bond donors (Lipinski definition) is 0. The molecule has 2 aromatic rings. The van der Waals surface area contributed by atoms with Gasteiger partial charge in [0.2, 0.25) is 0 Å². The van der Waals surface area contributed by atoms with Crippen molar-refractivity contribution < 1.29 is 19.0 Å². The molecule has 0 aliphatic carbocycles. The van der Waals surface area contributed by atoms with E-state index in [1.165, 1.54) is 12.1 Å². The summed E-state index contributed by atoms with van der Waals surface area (Å²) in [5, 5.41) is 11.1. The third-order valence-corrected chi connectivity index (χ3v) is 4.88. The van der Waals surface area contributed by atoms with Crippen LogP contribution in [-0.2, 0) is 4.79 Å². The molecular formula is C22H20FO3-. The van der Waals surface area contributed by atoms with E-state index >= 15 is 0 Å². The van der Waals surface area contributed by atoms with Crippen LogP contribution in [0.15, 0.2) is 66.3 Å². The minimum Gasteiger partial charge on any atom is -0.545 e. The van der Waals surface area contributed by atoms with E-state index in [1.54, 1.807) is 18.2 Å². The molecule has 0 saturated heterocycles. The Hall–Kier alpha value is -2.88. The first-order valence-corrected chi connectivity index (χ1v) is 8.69. The Morgan fingerprint density at radius 1 is 1.12 bits per heavy atom. The Balaban J connectivity index is 2.36. The van der Waals surface area contributed by atoms with Crippen molar-refractivity contribution in [1.29, 1.82) is 0 Å². The molecule has 0 aromatic heterocycles. The maximum Gasteiger partial charge on any atom is 0.134 e. The van der Waals surface area contributed by atoms with Crippen LogP contribution < -0.4 is 9.84 Å². The van der Waals surface area contributed by atoms with Gasteiger partial charge in [0.25, 0.3) is 0 Å². The Bertz CT molecular complexity index is 875. The molecular weight excluding hydrogens is 331 g/mol. The van der Waals surface area contributed by atoms with E-state index in [9.17, 15) is 14.3 Å². The third kappa shape index (κ3) is 3.15. The second-order valence-electron chi connectivity index (χ2n) is 6.25. The van der Waals surface area contributed by atoms with Gasteiger partial charge in [0.05, 0.1) is 5.97 Å². The highest BCUT2D eigenvalue weighted by Crippen LogP contribution is 2.47. The second kappa shape index (κ2) is 7.16. The molecule has 0 atom stereocenters. The van der Waals surface area contributed by atoms with Gasteiger partial charge in [-0.25, -0.2) is 4.39 Å². The van der Waals surface area contributed by atoms with Crippen molar-refractivity contribution in [3.8, 4) is 5.75 Å². The van der Waals surface area contributed by atoms with E-state index < -0.39 is 11.6 Å². The number of carboxylic acids is 1. The molecule has 1 heterocycles. The first-order chi connectivity index (χ1) is 12.5. The number of carboxylic acid groups (broad SMARTS) is 1. The molecule has 3 rings (SSSR count). The van der Waals surface area contributed by atoms with Crippen LogP contribution in [0.4, 0.5) is 4.39 Å². The molecule has 0 amide bonds. The Labute approximate surface area is 152 Å². The van der Waals surface area contributed by atoms with Crippen LogP contribution in [0.2, 0.25) is 0 Å². The van der Waals surface area contributed by atoms with Gasteiger partial charge in [0.1, 0.15) is 17.2 Å². The molecule has 3 nitrogen and oxygen atoms in total. The highest BCUT2D eigenvalue weighted by atomic mass is 19.1. The molecule has 4 heteroatoms. The summed E-state index contributed by atoms with van der Waals surface area (Å²) >= 11 is 0. The largest absolute Gasteiger partial charge is 0.545 e. The van der Waals surface area contributed by atoms with Crippen LogP contribution >= 0.6 is 0 Å². The number of para-hydroxylation sites is 1. The predicted molar refractivity (Wildman–Crippen MR) is 97.0 cm³/mol. The molecule has 0 N–H and O–H groups in total. The molecule has 0 radical (unpaired) electrons. The van der Waals surface area contributed by atoms with Gasteiger partial charge >= 0.3 is 0 Å². The zero-order valence-corrected chi connectivity index (χ0v) is 14.8. The number of rotatable bonds is 5. The quantitative estimate of drug-likeness (QED) is 0.768. The average molecular weight is 351 g/mol. The SMILES string of the molecule is CCC1(CC)Oc2ccccc2C(c2ccc(F)cc2)=C1/C=C/C(=O)[O-]. The zero-order chi connectivity index (χ0) is 18.7. The molecule has 2 aromatic carbocycles. The van der Waals surface area contributed by atoms with E-state index in [1.807, 2.05) is 38.1 Å². The summed E-state index contributed by atoms with van der Waals surface area (Å²) in [6, 6.07) is 13.8. The van der Waals surface area contributed by atoms with Crippen LogP contribution in [0.1, 0.15) is 37.8 Å². The predicted octanol–water partition coefficient (Wildman–Crippen LogP) is 3.88. The maximum absolute atomic E-state index is 13.4. The molecule has 0 spiro atoms. The van der Waals surface area contributed by atoms with Gasteiger partial charge < -0.3 is 14.6 Å². The average Bonchev–Trinajstić information content (AvgIpc) is 2.65. The van der Waals surface area contributed by atoms with Crippen LogP contribution in [0.3, 0.4) is 0 Å². The van der Waals surface area contributed by atoms with Crippen LogP contribution in [-0.4, -0.2) is 11.6 Å². The van der Waals surface area contributed by atoms with E-state index in [2.05, 4.69) is 0 Å². The summed E-state index contributed by atoms with van der Waals surface area (Å²) in [6.07, 6.45) is 3.90. The second-order valence-corrected chi connectivity index (χ2v) is 6.25.